The number of fused-ring (bicyclic) bond motifs is 1. The van der Waals surface area contributed by atoms with Gasteiger partial charge in [0.1, 0.15) is 0 Å². The third-order valence-electron chi connectivity index (χ3n) is 4.85. The summed E-state index contributed by atoms with van der Waals surface area (Å²) >= 11 is 0. The molecule has 0 aliphatic carbocycles. The second-order valence-corrected chi connectivity index (χ2v) is 7.13. The summed E-state index contributed by atoms with van der Waals surface area (Å²) in [6.07, 6.45) is 3.96. The fourth-order valence-electron chi connectivity index (χ4n) is 3.22. The van der Waals surface area contributed by atoms with Gasteiger partial charge in [0.25, 0.3) is 5.56 Å². The number of hydrogen-bond donors (Lipinski definition) is 3. The van der Waals surface area contributed by atoms with Crippen LogP contribution in [0.5, 0.6) is 0 Å². The van der Waals surface area contributed by atoms with Gasteiger partial charge < -0.3 is 10.8 Å². The number of nitrogens with zero attached hydrogens (tertiary/aromatic N) is 3. The van der Waals surface area contributed by atoms with Crippen molar-refractivity contribution in [3.63, 3.8) is 0 Å². The number of carbonyl (C=O) groups excluding carboxylic acids is 1. The average Bonchev–Trinajstić information content (AvgIpc) is 2.72. The van der Waals surface area contributed by atoms with Gasteiger partial charge in [-0.3, -0.25) is 19.4 Å². The van der Waals surface area contributed by atoms with Crippen molar-refractivity contribution in [1.29, 1.82) is 0 Å². The van der Waals surface area contributed by atoms with E-state index in [0.717, 1.165) is 12.0 Å². The van der Waals surface area contributed by atoms with E-state index < -0.39 is 17.4 Å². The molecule has 9 nitrogen and oxygen atoms in total. The molecule has 3 aromatic rings. The molecule has 156 valence electrons. The Morgan fingerprint density at radius 3 is 2.57 bits per heavy atom. The summed E-state index contributed by atoms with van der Waals surface area (Å²) < 4.78 is 0. The molecule has 2 heterocycles. The fraction of sp³-hybridized carbons (Fsp3) is 0.333. The summed E-state index contributed by atoms with van der Waals surface area (Å²) in [6, 6.07) is 7.11. The van der Waals surface area contributed by atoms with Gasteiger partial charge >= 0.3 is 5.97 Å². The summed E-state index contributed by atoms with van der Waals surface area (Å²) in [5, 5.41) is 9.22. The van der Waals surface area contributed by atoms with Crippen molar-refractivity contribution in [2.75, 3.05) is 5.73 Å². The minimum Gasteiger partial charge on any atom is -0.481 e. The molecule has 0 unspecified atom stereocenters. The smallest absolute Gasteiger partial charge is 0.306 e. The molecule has 0 saturated carbocycles. The van der Waals surface area contributed by atoms with E-state index in [2.05, 4.69) is 19.9 Å². The number of anilines is 1. The summed E-state index contributed by atoms with van der Waals surface area (Å²) in [5.74, 6) is -1.76. The number of ketones is 1. The number of nitrogens with two attached hydrogens (primary N) is 1. The fourth-order valence-corrected chi connectivity index (χ4v) is 3.22. The lowest BCUT2D eigenvalue weighted by Crippen LogP contribution is -2.18. The number of rotatable bonds is 9. The second kappa shape index (κ2) is 9.25. The lowest BCUT2D eigenvalue weighted by Gasteiger charge is -2.10. The van der Waals surface area contributed by atoms with Gasteiger partial charge in [-0.25, -0.2) is 9.97 Å². The van der Waals surface area contributed by atoms with E-state index >= 15 is 0 Å². The van der Waals surface area contributed by atoms with E-state index in [1.807, 2.05) is 19.1 Å². The van der Waals surface area contributed by atoms with Crippen molar-refractivity contribution in [2.45, 2.75) is 39.0 Å². The molecule has 0 fully saturated rings. The van der Waals surface area contributed by atoms with E-state index in [1.54, 1.807) is 18.3 Å². The van der Waals surface area contributed by atoms with Crippen molar-refractivity contribution >= 4 is 28.9 Å². The van der Waals surface area contributed by atoms with Crippen LogP contribution in [-0.4, -0.2) is 36.8 Å². The summed E-state index contributed by atoms with van der Waals surface area (Å²) in [6.45, 7) is 1.90. The highest BCUT2D eigenvalue weighted by molar-refractivity contribution is 5.98. The van der Waals surface area contributed by atoms with Crippen LogP contribution in [0.4, 0.5) is 5.95 Å². The Balaban J connectivity index is 1.64. The minimum atomic E-state index is -0.935. The molecule has 1 aromatic carbocycles. The Morgan fingerprint density at radius 1 is 1.17 bits per heavy atom. The monoisotopic (exact) mass is 409 g/mol. The SMILES string of the molecule is CCC[C@H](CC(=O)c1ccc(CCc2cnc3nc(N)[nH]c(=O)c3n2)cc1)C(=O)O. The maximum Gasteiger partial charge on any atom is 0.306 e. The predicted octanol–water partition coefficient (Wildman–Crippen LogP) is 2.15. The van der Waals surface area contributed by atoms with E-state index in [-0.39, 0.29) is 29.3 Å². The number of carboxylic acids is 1. The van der Waals surface area contributed by atoms with Crippen LogP contribution in [0.15, 0.2) is 35.3 Å². The number of H-pyrrole nitrogens is 1. The van der Waals surface area contributed by atoms with Crippen molar-refractivity contribution in [3.05, 3.63) is 57.6 Å². The van der Waals surface area contributed by atoms with Gasteiger partial charge in [0.2, 0.25) is 5.95 Å². The molecule has 0 aliphatic heterocycles. The van der Waals surface area contributed by atoms with Gasteiger partial charge in [-0.15, -0.1) is 0 Å². The Hall–Kier alpha value is -3.62. The quantitative estimate of drug-likeness (QED) is 0.455. The van der Waals surface area contributed by atoms with Gasteiger partial charge in [-0.1, -0.05) is 37.6 Å². The molecule has 3 rings (SSSR count). The molecular formula is C21H23N5O4. The highest BCUT2D eigenvalue weighted by atomic mass is 16.4. The Bertz CT molecular complexity index is 1120. The third kappa shape index (κ3) is 5.05. The first-order chi connectivity index (χ1) is 14.4. The van der Waals surface area contributed by atoms with Crippen molar-refractivity contribution in [2.24, 2.45) is 5.92 Å². The molecule has 9 heteroatoms. The topological polar surface area (TPSA) is 152 Å². The number of nitrogen functional groups attached to an aromatic ring is 1. The zero-order valence-corrected chi connectivity index (χ0v) is 16.6. The second-order valence-electron chi connectivity index (χ2n) is 7.13. The number of aryl methyl sites for hydroxylation is 2. The first kappa shape index (κ1) is 21.1. The molecule has 0 radical (unpaired) electrons. The molecule has 30 heavy (non-hydrogen) atoms. The summed E-state index contributed by atoms with van der Waals surface area (Å²) in [7, 11) is 0. The molecule has 0 aliphatic rings. The third-order valence-corrected chi connectivity index (χ3v) is 4.85. The predicted molar refractivity (Wildman–Crippen MR) is 111 cm³/mol. The number of nitrogens with one attached hydrogen (secondary N) is 1. The number of benzene rings is 1. The zero-order chi connectivity index (χ0) is 21.7. The average molecular weight is 409 g/mol. The highest BCUT2D eigenvalue weighted by Gasteiger charge is 2.21. The number of Topliss-reactive ketones (excluding diaryl/α,β-unsaturated/α-hetero) is 1. The van der Waals surface area contributed by atoms with Crippen LogP contribution in [0.2, 0.25) is 0 Å². The Labute approximate surface area is 172 Å². The van der Waals surface area contributed by atoms with Crippen molar-refractivity contribution in [1.82, 2.24) is 19.9 Å². The molecule has 0 saturated heterocycles. The number of aliphatic carboxylic acids is 1. The van der Waals surface area contributed by atoms with Crippen LogP contribution in [-0.2, 0) is 17.6 Å². The highest BCUT2D eigenvalue weighted by Crippen LogP contribution is 2.17. The number of aromatic nitrogens is 4. The maximum atomic E-state index is 12.4. The Morgan fingerprint density at radius 2 is 1.90 bits per heavy atom. The molecule has 0 amide bonds. The van der Waals surface area contributed by atoms with Crippen molar-refractivity contribution < 1.29 is 14.7 Å². The molecule has 4 N–H and O–H groups in total. The first-order valence-corrected chi connectivity index (χ1v) is 9.73. The summed E-state index contributed by atoms with van der Waals surface area (Å²) in [4.78, 5) is 50.4. The van der Waals surface area contributed by atoms with Gasteiger partial charge in [-0.05, 0) is 24.8 Å². The minimum absolute atomic E-state index is 0.00228. The molecule has 1 atom stereocenters. The molecule has 0 bridgehead atoms. The van der Waals surface area contributed by atoms with E-state index in [4.69, 9.17) is 5.73 Å². The molecule has 0 spiro atoms. The number of carboxylic acid groups (broad SMARTS) is 1. The maximum absolute atomic E-state index is 12.4. The van der Waals surface area contributed by atoms with Gasteiger partial charge in [-0.2, -0.15) is 4.98 Å². The lowest BCUT2D eigenvalue weighted by molar-refractivity contribution is -0.141. The van der Waals surface area contributed by atoms with Crippen LogP contribution in [0.3, 0.4) is 0 Å². The normalized spacial score (nSPS) is 12.0. The number of hydrogen-bond acceptors (Lipinski definition) is 7. The lowest BCUT2D eigenvalue weighted by atomic mass is 9.94. The number of aromatic amines is 1. The first-order valence-electron chi connectivity index (χ1n) is 9.73. The number of carbonyl (C=O) groups is 2. The van der Waals surface area contributed by atoms with Gasteiger partial charge in [0.15, 0.2) is 16.9 Å². The van der Waals surface area contributed by atoms with Gasteiger partial charge in [0, 0.05) is 12.0 Å². The van der Waals surface area contributed by atoms with E-state index in [9.17, 15) is 19.5 Å². The van der Waals surface area contributed by atoms with E-state index in [1.165, 1.54) is 0 Å². The van der Waals surface area contributed by atoms with Crippen LogP contribution in [0, 0.1) is 5.92 Å². The summed E-state index contributed by atoms with van der Waals surface area (Å²) in [5.41, 5.74) is 7.54. The van der Waals surface area contributed by atoms with Gasteiger partial charge in [0.05, 0.1) is 17.8 Å². The van der Waals surface area contributed by atoms with Crippen LogP contribution >= 0.6 is 0 Å². The van der Waals surface area contributed by atoms with Crippen LogP contribution in [0.1, 0.15) is 47.8 Å². The Kier molecular flexibility index (Phi) is 6.51. The molecular weight excluding hydrogens is 386 g/mol. The van der Waals surface area contributed by atoms with Crippen LogP contribution < -0.4 is 11.3 Å². The van der Waals surface area contributed by atoms with Crippen LogP contribution in [0.25, 0.3) is 11.2 Å². The van der Waals surface area contributed by atoms with E-state index in [0.29, 0.717) is 30.5 Å². The van der Waals surface area contributed by atoms with Crippen molar-refractivity contribution in [3.8, 4) is 0 Å². The zero-order valence-electron chi connectivity index (χ0n) is 16.6. The molecule has 2 aromatic heterocycles. The standard InChI is InChI=1S/C21H23N5O4/c1-2-3-14(20(29)30)10-16(27)13-7-4-12(5-8-13)6-9-15-11-23-18-17(24-15)19(28)26-21(22)25-18/h4-5,7-8,11,14H,2-3,6,9-10H2,1H3,(H,29,30)(H3,22,23,25,26,28)/t14-/m1/s1. The largest absolute Gasteiger partial charge is 0.481 e.